The van der Waals surface area contributed by atoms with Gasteiger partial charge in [-0.2, -0.15) is 0 Å². The van der Waals surface area contributed by atoms with Crippen LogP contribution in [0.2, 0.25) is 0 Å². The van der Waals surface area contributed by atoms with Crippen molar-refractivity contribution in [2.45, 2.75) is 122 Å². The first-order valence-corrected chi connectivity index (χ1v) is 14.2. The summed E-state index contributed by atoms with van der Waals surface area (Å²) in [6, 6.07) is 0.351. The monoisotopic (exact) mass is 483 g/mol. The molecular weight excluding hydrogens is 426 g/mol. The lowest BCUT2D eigenvalue weighted by Crippen LogP contribution is -2.37. The van der Waals surface area contributed by atoms with Gasteiger partial charge in [0.15, 0.2) is 0 Å². The number of carbonyl (C=O) groups is 1. The summed E-state index contributed by atoms with van der Waals surface area (Å²) in [5.74, 6) is -0.0924. The predicted octanol–water partition coefficient (Wildman–Crippen LogP) is 7.33. The number of unbranched alkanes of at least 4 members (excludes halogenated alkanes) is 13. The average molecular weight is 484 g/mol. The number of esters is 1. The average Bonchev–Trinajstić information content (AvgIpc) is 2.83. The molecule has 0 saturated heterocycles. The van der Waals surface area contributed by atoms with Crippen LogP contribution in [-0.4, -0.2) is 64.5 Å². The second-order valence-electron chi connectivity index (χ2n) is 9.74. The van der Waals surface area contributed by atoms with Gasteiger partial charge in [-0.15, -0.1) is 0 Å². The minimum Gasteiger partial charge on any atom is -0.469 e. The van der Waals surface area contributed by atoms with E-state index in [9.17, 15) is 4.79 Å². The van der Waals surface area contributed by atoms with Crippen LogP contribution in [0.15, 0.2) is 12.2 Å². The van der Waals surface area contributed by atoms with Gasteiger partial charge in [0.25, 0.3) is 0 Å². The molecule has 0 aliphatic heterocycles. The topological polar surface area (TPSA) is 48.0 Å². The van der Waals surface area contributed by atoms with Gasteiger partial charge in [0.1, 0.15) is 0 Å². The first kappa shape index (κ1) is 33.1. The molecule has 0 spiro atoms. The maximum absolute atomic E-state index is 11.0. The smallest absolute Gasteiger partial charge is 0.305 e. The number of methoxy groups -OCH3 is 1. The molecule has 0 N–H and O–H groups in total. The highest BCUT2D eigenvalue weighted by Gasteiger charge is 2.11. The van der Waals surface area contributed by atoms with E-state index < -0.39 is 0 Å². The zero-order valence-electron chi connectivity index (χ0n) is 23.2. The lowest BCUT2D eigenvalue weighted by Gasteiger charge is -2.24. The summed E-state index contributed by atoms with van der Waals surface area (Å²) in [4.78, 5) is 13.2. The lowest BCUT2D eigenvalue weighted by atomic mass is 10.1. The molecule has 1 unspecified atom stereocenters. The molecule has 0 heterocycles. The van der Waals surface area contributed by atoms with Crippen LogP contribution in [0, 0.1) is 0 Å². The fourth-order valence-corrected chi connectivity index (χ4v) is 3.81. The summed E-state index contributed by atoms with van der Waals surface area (Å²) in [6.45, 7) is 5.53. The van der Waals surface area contributed by atoms with Crippen LogP contribution in [0.3, 0.4) is 0 Å². The van der Waals surface area contributed by atoms with Gasteiger partial charge in [-0.05, 0) is 59.0 Å². The lowest BCUT2D eigenvalue weighted by molar-refractivity contribution is -0.140. The molecule has 0 aliphatic carbocycles. The first-order chi connectivity index (χ1) is 16.6. The zero-order chi connectivity index (χ0) is 25.1. The fraction of sp³-hybridized carbons (Fsp3) is 0.897. The Morgan fingerprint density at radius 2 is 1.18 bits per heavy atom. The molecule has 5 nitrogen and oxygen atoms in total. The molecule has 202 valence electrons. The molecule has 0 amide bonds. The quantitative estimate of drug-likeness (QED) is 0.0732. The van der Waals surface area contributed by atoms with Crippen LogP contribution in [0.25, 0.3) is 0 Å². The first-order valence-electron chi connectivity index (χ1n) is 14.2. The number of hydrogen-bond donors (Lipinski definition) is 0. The number of likely N-dealkylation sites (N-methyl/N-ethyl adjacent to an activating group) is 1. The molecule has 5 heteroatoms. The van der Waals surface area contributed by atoms with Crippen molar-refractivity contribution in [2.24, 2.45) is 0 Å². The Hall–Kier alpha value is -0.910. The third-order valence-corrected chi connectivity index (χ3v) is 6.30. The van der Waals surface area contributed by atoms with E-state index in [1.807, 2.05) is 0 Å². The number of allylic oxidation sites excluding steroid dienone is 2. The van der Waals surface area contributed by atoms with Crippen molar-refractivity contribution in [2.75, 3.05) is 47.6 Å². The maximum Gasteiger partial charge on any atom is 0.305 e. The van der Waals surface area contributed by atoms with E-state index in [4.69, 9.17) is 9.47 Å². The number of nitrogens with zero attached hydrogens (tertiary/aromatic N) is 1. The maximum atomic E-state index is 11.0. The molecule has 0 rings (SSSR count). The summed E-state index contributed by atoms with van der Waals surface area (Å²) in [6.07, 6.45) is 24.8. The second-order valence-corrected chi connectivity index (χ2v) is 9.74. The van der Waals surface area contributed by atoms with Gasteiger partial charge in [-0.25, -0.2) is 0 Å². The summed E-state index contributed by atoms with van der Waals surface area (Å²) in [5.41, 5.74) is 0. The number of carbonyl (C=O) groups excluding carboxylic acids is 1. The van der Waals surface area contributed by atoms with Gasteiger partial charge in [-0.1, -0.05) is 76.9 Å². The standard InChI is InChI=1S/C29H57NO4/c1-5-6-7-18-21-24-33-26-28(30(2)3)27-34-25-22-19-16-14-12-10-8-9-11-13-15-17-20-23-29(31)32-4/h9,11,28H,5-8,10,12-27H2,1-4H3/b11-9-. The molecule has 0 aliphatic rings. The minimum atomic E-state index is -0.0924. The largest absolute Gasteiger partial charge is 0.469 e. The van der Waals surface area contributed by atoms with Gasteiger partial charge in [-0.3, -0.25) is 4.79 Å². The summed E-state index contributed by atoms with van der Waals surface area (Å²) in [5, 5.41) is 0. The van der Waals surface area contributed by atoms with Gasteiger partial charge >= 0.3 is 5.97 Å². The highest BCUT2D eigenvalue weighted by Crippen LogP contribution is 2.10. The van der Waals surface area contributed by atoms with Gasteiger partial charge < -0.3 is 19.1 Å². The van der Waals surface area contributed by atoms with Crippen molar-refractivity contribution in [1.82, 2.24) is 4.90 Å². The Labute approximate surface area is 212 Å². The highest BCUT2D eigenvalue weighted by molar-refractivity contribution is 5.68. The van der Waals surface area contributed by atoms with Crippen molar-refractivity contribution in [3.63, 3.8) is 0 Å². The number of ether oxygens (including phenoxy) is 3. The van der Waals surface area contributed by atoms with E-state index in [2.05, 4.69) is 42.8 Å². The van der Waals surface area contributed by atoms with E-state index in [-0.39, 0.29) is 5.97 Å². The SMILES string of the molecule is CCCCCCCOCC(COCCCCCCCC/C=C\CCCCCC(=O)OC)N(C)C. The van der Waals surface area contributed by atoms with Crippen LogP contribution in [0.5, 0.6) is 0 Å². The van der Waals surface area contributed by atoms with Crippen molar-refractivity contribution >= 4 is 5.97 Å². The third kappa shape index (κ3) is 24.2. The van der Waals surface area contributed by atoms with Crippen LogP contribution < -0.4 is 0 Å². The molecule has 0 fully saturated rings. The molecule has 0 aromatic heterocycles. The number of rotatable bonds is 26. The normalized spacial score (nSPS) is 12.6. The molecule has 0 bridgehead atoms. The van der Waals surface area contributed by atoms with Crippen LogP contribution in [0.1, 0.15) is 116 Å². The molecule has 0 aromatic carbocycles. The molecule has 1 atom stereocenters. The molecule has 0 aromatic rings. The summed E-state index contributed by atoms with van der Waals surface area (Å²) >= 11 is 0. The van der Waals surface area contributed by atoms with Gasteiger partial charge in [0.2, 0.25) is 0 Å². The van der Waals surface area contributed by atoms with Crippen LogP contribution >= 0.6 is 0 Å². The molecule has 0 radical (unpaired) electrons. The highest BCUT2D eigenvalue weighted by atomic mass is 16.5. The molecule has 0 saturated carbocycles. The third-order valence-electron chi connectivity index (χ3n) is 6.30. The van der Waals surface area contributed by atoms with E-state index in [1.165, 1.54) is 77.7 Å². The Balaban J connectivity index is 3.41. The minimum absolute atomic E-state index is 0.0924. The Morgan fingerprint density at radius 1 is 0.706 bits per heavy atom. The fourth-order valence-electron chi connectivity index (χ4n) is 3.81. The predicted molar refractivity (Wildman–Crippen MR) is 144 cm³/mol. The van der Waals surface area contributed by atoms with Crippen LogP contribution in [-0.2, 0) is 19.0 Å². The van der Waals surface area contributed by atoms with E-state index in [0.717, 1.165) is 58.5 Å². The summed E-state index contributed by atoms with van der Waals surface area (Å²) in [7, 11) is 5.68. The van der Waals surface area contributed by atoms with Crippen molar-refractivity contribution in [1.29, 1.82) is 0 Å². The van der Waals surface area contributed by atoms with Crippen molar-refractivity contribution < 1.29 is 19.0 Å². The van der Waals surface area contributed by atoms with Crippen molar-refractivity contribution in [3.8, 4) is 0 Å². The zero-order valence-corrected chi connectivity index (χ0v) is 23.2. The molecular formula is C29H57NO4. The Bertz CT molecular complexity index is 453. The van der Waals surface area contributed by atoms with E-state index in [0.29, 0.717) is 12.5 Å². The van der Waals surface area contributed by atoms with Crippen LogP contribution in [0.4, 0.5) is 0 Å². The van der Waals surface area contributed by atoms with E-state index in [1.54, 1.807) is 0 Å². The van der Waals surface area contributed by atoms with Gasteiger partial charge in [0, 0.05) is 19.6 Å². The summed E-state index contributed by atoms with van der Waals surface area (Å²) < 4.78 is 16.5. The number of hydrogen-bond acceptors (Lipinski definition) is 5. The molecule has 34 heavy (non-hydrogen) atoms. The van der Waals surface area contributed by atoms with E-state index >= 15 is 0 Å². The van der Waals surface area contributed by atoms with Crippen molar-refractivity contribution in [3.05, 3.63) is 12.2 Å². The second kappa shape index (κ2) is 26.7. The Kier molecular flexibility index (Phi) is 26.0. The van der Waals surface area contributed by atoms with Gasteiger partial charge in [0.05, 0.1) is 26.4 Å². The Morgan fingerprint density at radius 3 is 1.68 bits per heavy atom.